The number of para-hydroxylation sites is 2. The number of anilines is 1. The van der Waals surface area contributed by atoms with E-state index in [1.165, 1.54) is 6.07 Å². The van der Waals surface area contributed by atoms with Crippen LogP contribution >= 0.6 is 11.6 Å². The third kappa shape index (κ3) is 5.58. The number of hydrogen-bond donors (Lipinski definition) is 1. The lowest BCUT2D eigenvalue weighted by molar-refractivity contribution is 0.0172. The van der Waals surface area contributed by atoms with Crippen molar-refractivity contribution in [3.05, 3.63) is 58.9 Å². The molecule has 8 heteroatoms. The molecule has 1 aromatic heterocycles. The van der Waals surface area contributed by atoms with E-state index in [0.29, 0.717) is 36.2 Å². The molecule has 1 amide bonds. The number of nitrogens with zero attached hydrogens (tertiary/aromatic N) is 3. The highest BCUT2D eigenvalue weighted by Crippen LogP contribution is 2.27. The van der Waals surface area contributed by atoms with E-state index in [4.69, 9.17) is 21.3 Å². The van der Waals surface area contributed by atoms with Gasteiger partial charge in [0.25, 0.3) is 0 Å². The molecule has 1 aliphatic rings. The highest BCUT2D eigenvalue weighted by atomic mass is 35.5. The maximum absolute atomic E-state index is 14.5. The van der Waals surface area contributed by atoms with Crippen molar-refractivity contribution in [1.82, 2.24) is 14.5 Å². The summed E-state index contributed by atoms with van der Waals surface area (Å²) in [7, 11) is 0. The average Bonchev–Trinajstić information content (AvgIpc) is 3.11. The lowest BCUT2D eigenvalue weighted by Gasteiger charge is -2.34. The lowest BCUT2D eigenvalue weighted by Crippen LogP contribution is -2.44. The number of rotatable bonds is 5. The van der Waals surface area contributed by atoms with Crippen LogP contribution in [-0.4, -0.2) is 45.8 Å². The van der Waals surface area contributed by atoms with Gasteiger partial charge in [0.05, 0.1) is 17.6 Å². The molecule has 0 spiro atoms. The van der Waals surface area contributed by atoms with Crippen LogP contribution in [0.4, 0.5) is 15.1 Å². The van der Waals surface area contributed by atoms with Crippen LogP contribution in [0.3, 0.4) is 0 Å². The van der Waals surface area contributed by atoms with Crippen LogP contribution in [0.1, 0.15) is 39.2 Å². The molecule has 1 N–H and O–H groups in total. The summed E-state index contributed by atoms with van der Waals surface area (Å²) in [5.41, 5.74) is 1.64. The van der Waals surface area contributed by atoms with Gasteiger partial charge in [0, 0.05) is 30.2 Å². The first-order chi connectivity index (χ1) is 15.7. The number of carbonyl (C=O) groups is 1. The number of imidazole rings is 1. The number of fused-ring (bicyclic) bond motifs is 1. The molecule has 1 unspecified atom stereocenters. The summed E-state index contributed by atoms with van der Waals surface area (Å²) in [6, 6.07) is 12.5. The van der Waals surface area contributed by atoms with Crippen LogP contribution in [0.2, 0.25) is 5.02 Å². The zero-order valence-electron chi connectivity index (χ0n) is 19.3. The predicted molar refractivity (Wildman–Crippen MR) is 129 cm³/mol. The molecule has 33 heavy (non-hydrogen) atoms. The second-order valence-corrected chi connectivity index (χ2v) is 9.93. The molecule has 1 atom stereocenters. The van der Waals surface area contributed by atoms with Crippen molar-refractivity contribution >= 4 is 34.7 Å². The van der Waals surface area contributed by atoms with Crippen LogP contribution in [0.25, 0.3) is 11.0 Å². The van der Waals surface area contributed by atoms with E-state index in [0.717, 1.165) is 23.9 Å². The number of amides is 1. The Hall–Kier alpha value is -2.80. The Morgan fingerprint density at radius 2 is 2.03 bits per heavy atom. The Balaban J connectivity index is 1.51. The molecule has 1 aliphatic heterocycles. The van der Waals surface area contributed by atoms with Crippen molar-refractivity contribution in [2.75, 3.05) is 25.0 Å². The van der Waals surface area contributed by atoms with Gasteiger partial charge in [-0.2, -0.15) is 0 Å². The number of piperidine rings is 1. The summed E-state index contributed by atoms with van der Waals surface area (Å²) in [5, 5.41) is 3.83. The number of aromatic nitrogens is 2. The number of benzene rings is 2. The van der Waals surface area contributed by atoms with Crippen LogP contribution in [-0.2, 0) is 11.3 Å². The summed E-state index contributed by atoms with van der Waals surface area (Å²) in [5.74, 6) is 0.577. The van der Waals surface area contributed by atoms with Crippen molar-refractivity contribution in [3.8, 4) is 0 Å². The Bertz CT molecular complexity index is 1120. The monoisotopic (exact) mass is 472 g/mol. The Kier molecular flexibility index (Phi) is 6.79. The Labute approximate surface area is 198 Å². The number of hydrogen-bond acceptors (Lipinski definition) is 4. The average molecular weight is 473 g/mol. The fourth-order valence-electron chi connectivity index (χ4n) is 4.17. The maximum Gasteiger partial charge on any atom is 0.410 e. The zero-order chi connectivity index (χ0) is 23.6. The lowest BCUT2D eigenvalue weighted by atomic mass is 9.98. The van der Waals surface area contributed by atoms with Crippen LogP contribution in [0, 0.1) is 11.7 Å². The van der Waals surface area contributed by atoms with Crippen molar-refractivity contribution in [1.29, 1.82) is 0 Å². The predicted octanol–water partition coefficient (Wildman–Crippen LogP) is 5.94. The van der Waals surface area contributed by atoms with Crippen molar-refractivity contribution in [2.45, 2.75) is 45.8 Å². The molecule has 176 valence electrons. The van der Waals surface area contributed by atoms with Gasteiger partial charge in [0.1, 0.15) is 11.4 Å². The molecule has 0 radical (unpaired) electrons. The number of likely N-dealkylation sites (tertiary alicyclic amines) is 1. The van der Waals surface area contributed by atoms with Gasteiger partial charge in [-0.15, -0.1) is 0 Å². The molecule has 2 heterocycles. The minimum Gasteiger partial charge on any atom is -0.444 e. The molecule has 0 aliphatic carbocycles. The van der Waals surface area contributed by atoms with E-state index in [9.17, 15) is 9.18 Å². The number of nitrogens with one attached hydrogen (secondary N) is 1. The second-order valence-electron chi connectivity index (χ2n) is 9.53. The summed E-state index contributed by atoms with van der Waals surface area (Å²) in [6.45, 7) is 7.87. The largest absolute Gasteiger partial charge is 0.444 e. The van der Waals surface area contributed by atoms with Crippen LogP contribution in [0.5, 0.6) is 0 Å². The third-order valence-corrected chi connectivity index (χ3v) is 6.11. The normalized spacial score (nSPS) is 16.8. The molecule has 6 nitrogen and oxygen atoms in total. The minimum atomic E-state index is -0.513. The van der Waals surface area contributed by atoms with Gasteiger partial charge in [-0.1, -0.05) is 29.8 Å². The van der Waals surface area contributed by atoms with E-state index in [1.54, 1.807) is 17.0 Å². The van der Waals surface area contributed by atoms with E-state index < -0.39 is 5.60 Å². The zero-order valence-corrected chi connectivity index (χ0v) is 20.0. The van der Waals surface area contributed by atoms with Gasteiger partial charge < -0.3 is 19.5 Å². The van der Waals surface area contributed by atoms with Crippen molar-refractivity contribution in [2.24, 2.45) is 5.92 Å². The van der Waals surface area contributed by atoms with Gasteiger partial charge in [0.15, 0.2) is 0 Å². The van der Waals surface area contributed by atoms with Gasteiger partial charge in [-0.3, -0.25) is 0 Å². The SMILES string of the molecule is CC(C)(C)OC(=O)N1CCCC(CNc2nc3ccccc3n2Cc2c(F)cccc2Cl)C1. The van der Waals surface area contributed by atoms with Gasteiger partial charge in [-0.25, -0.2) is 14.2 Å². The molecule has 0 bridgehead atoms. The Morgan fingerprint density at radius 1 is 1.24 bits per heavy atom. The van der Waals surface area contributed by atoms with E-state index in [2.05, 4.69) is 5.32 Å². The topological polar surface area (TPSA) is 59.4 Å². The first-order valence-electron chi connectivity index (χ1n) is 11.3. The summed E-state index contributed by atoms with van der Waals surface area (Å²) >= 11 is 6.30. The number of carbonyl (C=O) groups excluding carboxylic acids is 1. The van der Waals surface area contributed by atoms with E-state index >= 15 is 0 Å². The molecule has 3 aromatic rings. The quantitative estimate of drug-likeness (QED) is 0.499. The fraction of sp³-hybridized carbons (Fsp3) is 0.440. The van der Waals surface area contributed by atoms with Crippen molar-refractivity contribution < 1.29 is 13.9 Å². The van der Waals surface area contributed by atoms with Crippen molar-refractivity contribution in [3.63, 3.8) is 0 Å². The third-order valence-electron chi connectivity index (χ3n) is 5.75. The van der Waals surface area contributed by atoms with E-state index in [1.807, 2.05) is 49.6 Å². The molecule has 2 aromatic carbocycles. The van der Waals surface area contributed by atoms with E-state index in [-0.39, 0.29) is 24.4 Å². The van der Waals surface area contributed by atoms with Crippen LogP contribution < -0.4 is 5.32 Å². The van der Waals surface area contributed by atoms with Crippen LogP contribution in [0.15, 0.2) is 42.5 Å². The second kappa shape index (κ2) is 9.59. The van der Waals surface area contributed by atoms with Gasteiger partial charge in [-0.05, 0) is 63.8 Å². The fourth-order valence-corrected chi connectivity index (χ4v) is 4.39. The number of ether oxygens (including phenoxy) is 1. The van der Waals surface area contributed by atoms with Gasteiger partial charge in [0.2, 0.25) is 5.95 Å². The standard InChI is InChI=1S/C25H30ClFN4O2/c1-25(2,3)33-24(32)30-13-7-8-17(15-30)14-28-23-29-21-11-4-5-12-22(21)31(23)16-18-19(26)9-6-10-20(18)27/h4-6,9-12,17H,7-8,13-16H2,1-3H3,(H,28,29). The Morgan fingerprint density at radius 3 is 2.79 bits per heavy atom. The number of halogens is 2. The first kappa shape index (κ1) is 23.4. The highest BCUT2D eigenvalue weighted by molar-refractivity contribution is 6.31. The molecule has 0 saturated carbocycles. The summed E-state index contributed by atoms with van der Waals surface area (Å²) in [4.78, 5) is 19.0. The molecule has 1 saturated heterocycles. The molecular weight excluding hydrogens is 443 g/mol. The highest BCUT2D eigenvalue weighted by Gasteiger charge is 2.28. The summed E-state index contributed by atoms with van der Waals surface area (Å²) < 4.78 is 22.0. The summed E-state index contributed by atoms with van der Waals surface area (Å²) in [6.07, 6.45) is 1.66. The molecular formula is C25H30ClFN4O2. The smallest absolute Gasteiger partial charge is 0.410 e. The molecule has 4 rings (SSSR count). The molecule has 1 fully saturated rings. The maximum atomic E-state index is 14.5. The first-order valence-corrected chi connectivity index (χ1v) is 11.7. The minimum absolute atomic E-state index is 0.261. The van der Waals surface area contributed by atoms with Gasteiger partial charge >= 0.3 is 6.09 Å².